The quantitative estimate of drug-likeness (QED) is 0.277. The summed E-state index contributed by atoms with van der Waals surface area (Å²) in [6.07, 6.45) is 5.31. The van der Waals surface area contributed by atoms with E-state index in [0.29, 0.717) is 11.6 Å². The highest BCUT2D eigenvalue weighted by Crippen LogP contribution is 2.40. The molecule has 0 atom stereocenters. The van der Waals surface area contributed by atoms with Gasteiger partial charge in [-0.3, -0.25) is 0 Å². The molecule has 5 nitrogen and oxygen atoms in total. The highest BCUT2D eigenvalue weighted by molar-refractivity contribution is 5.83. The molecule has 1 aliphatic carbocycles. The number of nitrogens with two attached hydrogens (primary N) is 1. The van der Waals surface area contributed by atoms with Gasteiger partial charge in [0.25, 0.3) is 5.78 Å². The smallest absolute Gasteiger partial charge is 0.253 e. The summed E-state index contributed by atoms with van der Waals surface area (Å²) < 4.78 is 1.79. The summed E-state index contributed by atoms with van der Waals surface area (Å²) in [7, 11) is 0. The van der Waals surface area contributed by atoms with Crippen molar-refractivity contribution < 1.29 is 0 Å². The summed E-state index contributed by atoms with van der Waals surface area (Å²) in [5.74, 6) is 1.22. The van der Waals surface area contributed by atoms with Gasteiger partial charge in [-0.05, 0) is 41.5 Å². The van der Waals surface area contributed by atoms with Gasteiger partial charge in [-0.1, -0.05) is 109 Å². The second kappa shape index (κ2) is 9.05. The van der Waals surface area contributed by atoms with Gasteiger partial charge in [0.1, 0.15) is 0 Å². The number of rotatable bonds is 5. The van der Waals surface area contributed by atoms with Crippen molar-refractivity contribution >= 4 is 5.78 Å². The van der Waals surface area contributed by atoms with Gasteiger partial charge >= 0.3 is 0 Å². The first-order valence-corrected chi connectivity index (χ1v) is 13.1. The first-order chi connectivity index (χ1) is 18.7. The fourth-order valence-corrected chi connectivity index (χ4v) is 5.34. The van der Waals surface area contributed by atoms with Gasteiger partial charge in [-0.25, -0.2) is 9.50 Å². The fourth-order valence-electron chi connectivity index (χ4n) is 5.34. The van der Waals surface area contributed by atoms with Crippen LogP contribution in [0.4, 0.5) is 0 Å². The zero-order valence-corrected chi connectivity index (χ0v) is 21.0. The Bertz CT molecular complexity index is 1730. The molecular formula is C33H27N5. The van der Waals surface area contributed by atoms with E-state index in [2.05, 4.69) is 60.7 Å². The van der Waals surface area contributed by atoms with E-state index in [4.69, 9.17) is 20.8 Å². The molecule has 4 aromatic carbocycles. The van der Waals surface area contributed by atoms with Gasteiger partial charge in [-0.2, -0.15) is 4.98 Å². The topological polar surface area (TPSA) is 69.1 Å². The van der Waals surface area contributed by atoms with Crippen molar-refractivity contribution in [3.05, 3.63) is 121 Å². The van der Waals surface area contributed by atoms with Gasteiger partial charge in [0.05, 0.1) is 5.69 Å². The van der Waals surface area contributed by atoms with Crippen LogP contribution in [0, 0.1) is 0 Å². The average Bonchev–Trinajstić information content (AvgIpc) is 3.39. The number of hydrogen-bond acceptors (Lipinski definition) is 4. The molecule has 2 N–H and O–H groups in total. The SMILES string of the molecule is NC1(c2ccc(-c3nc4nc(-c5ccccc5-c5ccccc5)nn4cc3-c3ccccc3)cc2)CCC1. The maximum absolute atomic E-state index is 6.58. The molecule has 0 bridgehead atoms. The second-order valence-corrected chi connectivity index (χ2v) is 10.0. The number of nitrogens with zero attached hydrogens (tertiary/aromatic N) is 4. The van der Waals surface area contributed by atoms with Crippen molar-refractivity contribution in [3.8, 4) is 44.9 Å². The van der Waals surface area contributed by atoms with E-state index < -0.39 is 0 Å². The Kier molecular flexibility index (Phi) is 5.38. The highest BCUT2D eigenvalue weighted by Gasteiger charge is 2.34. The Morgan fingerprint density at radius 2 is 1.21 bits per heavy atom. The van der Waals surface area contributed by atoms with E-state index in [1.807, 2.05) is 54.7 Å². The minimum Gasteiger partial charge on any atom is -0.321 e. The average molecular weight is 494 g/mol. The minimum atomic E-state index is -0.188. The van der Waals surface area contributed by atoms with Crippen LogP contribution < -0.4 is 5.73 Å². The maximum Gasteiger partial charge on any atom is 0.253 e. The highest BCUT2D eigenvalue weighted by atomic mass is 15.3. The van der Waals surface area contributed by atoms with Crippen molar-refractivity contribution in [3.63, 3.8) is 0 Å². The molecule has 38 heavy (non-hydrogen) atoms. The van der Waals surface area contributed by atoms with E-state index in [-0.39, 0.29) is 5.54 Å². The van der Waals surface area contributed by atoms with Gasteiger partial charge in [0, 0.05) is 28.4 Å². The van der Waals surface area contributed by atoms with E-state index in [9.17, 15) is 0 Å². The van der Waals surface area contributed by atoms with Crippen molar-refractivity contribution in [1.29, 1.82) is 0 Å². The first-order valence-electron chi connectivity index (χ1n) is 13.1. The molecule has 0 radical (unpaired) electrons. The van der Waals surface area contributed by atoms with E-state index in [0.717, 1.165) is 51.9 Å². The Hall–Kier alpha value is -4.61. The predicted molar refractivity (Wildman–Crippen MR) is 152 cm³/mol. The zero-order valence-electron chi connectivity index (χ0n) is 21.0. The lowest BCUT2D eigenvalue weighted by atomic mass is 9.72. The summed E-state index contributed by atoms with van der Waals surface area (Å²) in [5, 5.41) is 4.88. The van der Waals surface area contributed by atoms with Crippen LogP contribution in [-0.2, 0) is 5.54 Å². The molecule has 1 fully saturated rings. The predicted octanol–water partition coefficient (Wildman–Crippen LogP) is 7.13. The number of benzene rings is 4. The molecule has 184 valence electrons. The summed E-state index contributed by atoms with van der Waals surface area (Å²) in [4.78, 5) is 9.94. The second-order valence-electron chi connectivity index (χ2n) is 10.0. The Morgan fingerprint density at radius 3 is 1.84 bits per heavy atom. The third kappa shape index (κ3) is 3.88. The maximum atomic E-state index is 6.58. The summed E-state index contributed by atoms with van der Waals surface area (Å²) in [6, 6.07) is 37.5. The van der Waals surface area contributed by atoms with Crippen molar-refractivity contribution in [1.82, 2.24) is 19.6 Å². The third-order valence-electron chi connectivity index (χ3n) is 7.65. The lowest BCUT2D eigenvalue weighted by Gasteiger charge is -2.38. The van der Waals surface area contributed by atoms with Crippen LogP contribution >= 0.6 is 0 Å². The number of hydrogen-bond donors (Lipinski definition) is 1. The van der Waals surface area contributed by atoms with Crippen LogP contribution in [0.15, 0.2) is 115 Å². The Morgan fingerprint density at radius 1 is 0.605 bits per heavy atom. The van der Waals surface area contributed by atoms with E-state index >= 15 is 0 Å². The molecule has 5 heteroatoms. The lowest BCUT2D eigenvalue weighted by molar-refractivity contribution is 0.253. The summed E-state index contributed by atoms with van der Waals surface area (Å²) in [5.41, 5.74) is 14.8. The van der Waals surface area contributed by atoms with Crippen molar-refractivity contribution in [2.45, 2.75) is 24.8 Å². The normalized spacial score (nSPS) is 14.3. The summed E-state index contributed by atoms with van der Waals surface area (Å²) >= 11 is 0. The van der Waals surface area contributed by atoms with Gasteiger partial charge in [-0.15, -0.1) is 5.10 Å². The zero-order chi connectivity index (χ0) is 25.5. The fraction of sp³-hybridized carbons (Fsp3) is 0.121. The Balaban J connectivity index is 1.38. The molecule has 0 amide bonds. The molecule has 0 unspecified atom stereocenters. The number of fused-ring (bicyclic) bond motifs is 1. The molecule has 2 heterocycles. The molecular weight excluding hydrogens is 466 g/mol. The Labute approximate surface area is 221 Å². The standard InChI is InChI=1S/C33H27N5/c34-33(20-9-21-33)26-18-16-25(17-19-26)30-29(24-12-5-2-6-13-24)22-38-32(35-30)36-31(37-38)28-15-8-7-14-27(28)23-10-3-1-4-11-23/h1-8,10-19,22H,9,20-21,34H2. The van der Waals surface area contributed by atoms with E-state index in [1.54, 1.807) is 4.52 Å². The van der Waals surface area contributed by atoms with Crippen LogP contribution in [0.5, 0.6) is 0 Å². The molecule has 1 aliphatic rings. The summed E-state index contributed by atoms with van der Waals surface area (Å²) in [6.45, 7) is 0. The minimum absolute atomic E-state index is 0.188. The third-order valence-corrected chi connectivity index (χ3v) is 7.65. The molecule has 7 rings (SSSR count). The molecule has 2 aromatic heterocycles. The largest absolute Gasteiger partial charge is 0.321 e. The first kappa shape index (κ1) is 22.6. The van der Waals surface area contributed by atoms with Crippen molar-refractivity contribution in [2.24, 2.45) is 5.73 Å². The molecule has 1 saturated carbocycles. The van der Waals surface area contributed by atoms with Crippen LogP contribution in [0.1, 0.15) is 24.8 Å². The van der Waals surface area contributed by atoms with Crippen LogP contribution in [0.3, 0.4) is 0 Å². The monoisotopic (exact) mass is 493 g/mol. The molecule has 0 aliphatic heterocycles. The van der Waals surface area contributed by atoms with Crippen LogP contribution in [-0.4, -0.2) is 19.6 Å². The van der Waals surface area contributed by atoms with Crippen molar-refractivity contribution in [2.75, 3.05) is 0 Å². The number of aromatic nitrogens is 4. The van der Waals surface area contributed by atoms with E-state index in [1.165, 1.54) is 12.0 Å². The molecule has 0 saturated heterocycles. The lowest BCUT2D eigenvalue weighted by Crippen LogP contribution is -2.43. The van der Waals surface area contributed by atoms with Gasteiger partial charge in [0.2, 0.25) is 0 Å². The van der Waals surface area contributed by atoms with Gasteiger partial charge in [0.15, 0.2) is 5.82 Å². The molecule has 6 aromatic rings. The molecule has 0 spiro atoms. The van der Waals surface area contributed by atoms with Crippen LogP contribution in [0.25, 0.3) is 50.7 Å². The van der Waals surface area contributed by atoms with Crippen LogP contribution in [0.2, 0.25) is 0 Å². The van der Waals surface area contributed by atoms with Gasteiger partial charge < -0.3 is 5.73 Å².